The second-order valence-corrected chi connectivity index (χ2v) is 3.25. The third kappa shape index (κ3) is 2.70. The maximum Gasteiger partial charge on any atom is 0.128 e. The molecule has 0 aliphatic rings. The normalized spacial score (nSPS) is 11.8. The van der Waals surface area contributed by atoms with Crippen LogP contribution in [-0.2, 0) is 6.42 Å². The van der Waals surface area contributed by atoms with Crippen LogP contribution in [-0.4, -0.2) is 12.4 Å². The van der Waals surface area contributed by atoms with Gasteiger partial charge >= 0.3 is 0 Å². The Kier molecular flexibility index (Phi) is 3.89. The van der Waals surface area contributed by atoms with E-state index in [-0.39, 0.29) is 12.2 Å². The molecule has 14 heavy (non-hydrogen) atoms. The molecule has 0 spiro atoms. The summed E-state index contributed by atoms with van der Waals surface area (Å²) in [6.07, 6.45) is 0.263. The van der Waals surface area contributed by atoms with Gasteiger partial charge in [0.05, 0.1) is 5.84 Å². The fourth-order valence-electron chi connectivity index (χ4n) is 1.14. The Morgan fingerprint density at radius 1 is 1.57 bits per heavy atom. The maximum atomic E-state index is 13.3. The Bertz CT molecular complexity index is 330. The Morgan fingerprint density at radius 3 is 2.86 bits per heavy atom. The Morgan fingerprint density at radius 2 is 2.29 bits per heavy atom. The van der Waals surface area contributed by atoms with Gasteiger partial charge in [0.25, 0.3) is 0 Å². The van der Waals surface area contributed by atoms with Crippen molar-refractivity contribution in [2.45, 2.75) is 13.3 Å². The predicted octanol–water partition coefficient (Wildman–Crippen LogP) is 2.40. The van der Waals surface area contributed by atoms with Crippen molar-refractivity contribution in [3.8, 4) is 0 Å². The molecular formula is C10H12ClFN2. The molecule has 4 heteroatoms. The molecule has 1 aromatic rings. The van der Waals surface area contributed by atoms with E-state index < -0.39 is 0 Å². The minimum Gasteiger partial charge on any atom is -0.387 e. The highest BCUT2D eigenvalue weighted by molar-refractivity contribution is 6.31. The van der Waals surface area contributed by atoms with Gasteiger partial charge in [-0.05, 0) is 19.1 Å². The van der Waals surface area contributed by atoms with Gasteiger partial charge in [0, 0.05) is 23.6 Å². The lowest BCUT2D eigenvalue weighted by Gasteiger charge is -2.04. The molecule has 0 radical (unpaired) electrons. The number of halogens is 2. The van der Waals surface area contributed by atoms with Crippen LogP contribution in [0.25, 0.3) is 0 Å². The summed E-state index contributed by atoms with van der Waals surface area (Å²) in [5.74, 6) is 0.0613. The van der Waals surface area contributed by atoms with E-state index in [0.717, 1.165) is 0 Å². The summed E-state index contributed by atoms with van der Waals surface area (Å²) < 4.78 is 13.3. The largest absolute Gasteiger partial charge is 0.387 e. The zero-order valence-corrected chi connectivity index (χ0v) is 8.68. The van der Waals surface area contributed by atoms with Crippen molar-refractivity contribution in [3.63, 3.8) is 0 Å². The SMILES string of the molecule is CCN=C(N)Cc1c(F)cccc1Cl. The Hall–Kier alpha value is -1.09. The van der Waals surface area contributed by atoms with E-state index in [0.29, 0.717) is 23.0 Å². The average molecular weight is 215 g/mol. The topological polar surface area (TPSA) is 38.4 Å². The zero-order valence-electron chi connectivity index (χ0n) is 7.93. The van der Waals surface area contributed by atoms with Gasteiger partial charge in [-0.2, -0.15) is 0 Å². The van der Waals surface area contributed by atoms with Crippen LogP contribution in [0.3, 0.4) is 0 Å². The van der Waals surface area contributed by atoms with Crippen molar-refractivity contribution in [1.82, 2.24) is 0 Å². The van der Waals surface area contributed by atoms with Gasteiger partial charge in [-0.1, -0.05) is 17.7 Å². The van der Waals surface area contributed by atoms with E-state index in [2.05, 4.69) is 4.99 Å². The number of rotatable bonds is 3. The minimum atomic E-state index is -0.341. The van der Waals surface area contributed by atoms with Crippen molar-refractivity contribution in [2.24, 2.45) is 10.7 Å². The van der Waals surface area contributed by atoms with Crippen LogP contribution in [0.15, 0.2) is 23.2 Å². The van der Waals surface area contributed by atoms with Crippen LogP contribution in [0.2, 0.25) is 5.02 Å². The van der Waals surface area contributed by atoms with Crippen LogP contribution in [0.5, 0.6) is 0 Å². The fourth-order valence-corrected chi connectivity index (χ4v) is 1.37. The summed E-state index contributed by atoms with van der Waals surface area (Å²) in [6, 6.07) is 4.56. The quantitative estimate of drug-likeness (QED) is 0.609. The van der Waals surface area contributed by atoms with E-state index in [1.165, 1.54) is 6.07 Å². The van der Waals surface area contributed by atoms with Gasteiger partial charge in [-0.25, -0.2) is 4.39 Å². The number of hydrogen-bond donors (Lipinski definition) is 1. The van der Waals surface area contributed by atoms with Crippen LogP contribution in [0, 0.1) is 5.82 Å². The number of aliphatic imine (C=N–C) groups is 1. The van der Waals surface area contributed by atoms with Gasteiger partial charge < -0.3 is 5.73 Å². The lowest BCUT2D eigenvalue weighted by Crippen LogP contribution is -2.16. The fraction of sp³-hybridized carbons (Fsp3) is 0.300. The van der Waals surface area contributed by atoms with Crippen LogP contribution in [0.4, 0.5) is 4.39 Å². The van der Waals surface area contributed by atoms with Gasteiger partial charge in [-0.3, -0.25) is 4.99 Å². The zero-order chi connectivity index (χ0) is 10.6. The second-order valence-electron chi connectivity index (χ2n) is 2.84. The van der Waals surface area contributed by atoms with E-state index >= 15 is 0 Å². The number of nitrogens with two attached hydrogens (primary N) is 1. The highest BCUT2D eigenvalue weighted by atomic mass is 35.5. The molecule has 0 aliphatic heterocycles. The summed E-state index contributed by atoms with van der Waals surface area (Å²) in [5, 5.41) is 0.388. The number of hydrogen-bond acceptors (Lipinski definition) is 1. The van der Waals surface area contributed by atoms with Gasteiger partial charge in [-0.15, -0.1) is 0 Å². The van der Waals surface area contributed by atoms with Crippen molar-refractivity contribution in [2.75, 3.05) is 6.54 Å². The van der Waals surface area contributed by atoms with Crippen molar-refractivity contribution in [3.05, 3.63) is 34.6 Å². The molecule has 0 aromatic heterocycles. The molecule has 2 N–H and O–H groups in total. The summed E-state index contributed by atoms with van der Waals surface area (Å²) >= 11 is 5.82. The third-order valence-electron chi connectivity index (χ3n) is 1.78. The number of amidine groups is 1. The molecule has 0 bridgehead atoms. The van der Waals surface area contributed by atoms with E-state index in [1.54, 1.807) is 12.1 Å². The molecule has 0 saturated heterocycles. The Balaban J connectivity index is 2.91. The van der Waals surface area contributed by atoms with E-state index in [4.69, 9.17) is 17.3 Å². The molecule has 0 atom stereocenters. The smallest absolute Gasteiger partial charge is 0.128 e. The van der Waals surface area contributed by atoms with Gasteiger partial charge in [0.1, 0.15) is 5.82 Å². The summed E-state index contributed by atoms with van der Waals surface area (Å²) in [4.78, 5) is 3.97. The average Bonchev–Trinajstić information content (AvgIpc) is 2.12. The molecule has 0 amide bonds. The first-order valence-corrected chi connectivity index (χ1v) is 4.74. The summed E-state index contributed by atoms with van der Waals surface area (Å²) in [7, 11) is 0. The van der Waals surface area contributed by atoms with Crippen LogP contribution >= 0.6 is 11.6 Å². The van der Waals surface area contributed by atoms with Gasteiger partial charge in [0.2, 0.25) is 0 Å². The number of benzene rings is 1. The van der Waals surface area contributed by atoms with Crippen LogP contribution in [0.1, 0.15) is 12.5 Å². The van der Waals surface area contributed by atoms with Crippen molar-refractivity contribution < 1.29 is 4.39 Å². The minimum absolute atomic E-state index is 0.263. The third-order valence-corrected chi connectivity index (χ3v) is 2.13. The first kappa shape index (κ1) is 11.0. The molecule has 1 rings (SSSR count). The first-order chi connectivity index (χ1) is 6.65. The van der Waals surface area contributed by atoms with Crippen LogP contribution < -0.4 is 5.73 Å². The first-order valence-electron chi connectivity index (χ1n) is 4.36. The highest BCUT2D eigenvalue weighted by Gasteiger charge is 2.07. The molecule has 0 heterocycles. The van der Waals surface area contributed by atoms with Gasteiger partial charge in [0.15, 0.2) is 0 Å². The lowest BCUT2D eigenvalue weighted by molar-refractivity contribution is 0.616. The predicted molar refractivity (Wildman–Crippen MR) is 57.3 cm³/mol. The summed E-state index contributed by atoms with van der Waals surface area (Å²) in [5.41, 5.74) is 5.99. The molecule has 2 nitrogen and oxygen atoms in total. The second kappa shape index (κ2) is 4.96. The lowest BCUT2D eigenvalue weighted by atomic mass is 10.1. The highest BCUT2D eigenvalue weighted by Crippen LogP contribution is 2.19. The van der Waals surface area contributed by atoms with Crippen molar-refractivity contribution in [1.29, 1.82) is 0 Å². The maximum absolute atomic E-state index is 13.3. The molecule has 0 unspecified atom stereocenters. The monoisotopic (exact) mass is 214 g/mol. The molecule has 0 aliphatic carbocycles. The summed E-state index contributed by atoms with van der Waals surface area (Å²) in [6.45, 7) is 2.47. The van der Waals surface area contributed by atoms with E-state index in [1.807, 2.05) is 6.92 Å². The molecular weight excluding hydrogens is 203 g/mol. The molecule has 0 saturated carbocycles. The van der Waals surface area contributed by atoms with E-state index in [9.17, 15) is 4.39 Å². The Labute approximate surface area is 87.6 Å². The standard InChI is InChI=1S/C10H12ClFN2/c1-2-14-10(13)6-7-8(11)4-3-5-9(7)12/h3-5H,2,6H2,1H3,(H2,13,14). The molecule has 1 aromatic carbocycles. The molecule has 0 fully saturated rings. The van der Waals surface area contributed by atoms with Crippen molar-refractivity contribution >= 4 is 17.4 Å². The number of nitrogens with zero attached hydrogens (tertiary/aromatic N) is 1. The molecule has 76 valence electrons.